The predicted molar refractivity (Wildman–Crippen MR) is 107 cm³/mol. The Hall–Kier alpha value is -3.52. The summed E-state index contributed by atoms with van der Waals surface area (Å²) < 4.78 is 0. The number of nitro groups is 2. The number of nitro benzene ring substituents is 2. The summed E-state index contributed by atoms with van der Waals surface area (Å²) in [4.78, 5) is 34.1. The SMILES string of the molecule is CC(=O)Sc1ccc(-c2cc([N+](=O)[O-])c(-c3ccccc3)cc2[N+](=O)[O-])cc1. The topological polar surface area (TPSA) is 103 Å². The molecule has 7 nitrogen and oxygen atoms in total. The van der Waals surface area contributed by atoms with Crippen LogP contribution in [-0.4, -0.2) is 15.0 Å². The average molecular weight is 394 g/mol. The van der Waals surface area contributed by atoms with Crippen molar-refractivity contribution in [1.29, 1.82) is 0 Å². The molecule has 0 fully saturated rings. The zero-order valence-corrected chi connectivity index (χ0v) is 15.5. The van der Waals surface area contributed by atoms with Crippen molar-refractivity contribution in [2.45, 2.75) is 11.8 Å². The lowest BCUT2D eigenvalue weighted by Crippen LogP contribution is -1.98. The minimum atomic E-state index is -0.552. The van der Waals surface area contributed by atoms with Crippen molar-refractivity contribution < 1.29 is 14.6 Å². The Kier molecular flexibility index (Phi) is 5.51. The molecular formula is C20H14N2O5S. The molecule has 0 saturated heterocycles. The van der Waals surface area contributed by atoms with Gasteiger partial charge in [0.05, 0.1) is 21.0 Å². The number of hydrogen-bond donors (Lipinski definition) is 0. The van der Waals surface area contributed by atoms with Gasteiger partial charge in [-0.15, -0.1) is 0 Å². The van der Waals surface area contributed by atoms with Crippen molar-refractivity contribution >= 4 is 28.3 Å². The molecule has 0 saturated carbocycles. The maximum atomic E-state index is 11.7. The predicted octanol–water partition coefficient (Wildman–Crippen LogP) is 5.48. The molecule has 0 aromatic heterocycles. The Morgan fingerprint density at radius 1 is 0.786 bits per heavy atom. The lowest BCUT2D eigenvalue weighted by atomic mass is 9.96. The third kappa shape index (κ3) is 4.07. The van der Waals surface area contributed by atoms with Gasteiger partial charge in [0.15, 0.2) is 5.12 Å². The van der Waals surface area contributed by atoms with E-state index in [2.05, 4.69) is 0 Å². The molecule has 140 valence electrons. The molecule has 0 amide bonds. The number of hydrogen-bond acceptors (Lipinski definition) is 6. The van der Waals surface area contributed by atoms with Crippen LogP contribution >= 0.6 is 11.8 Å². The monoisotopic (exact) mass is 394 g/mol. The molecule has 0 aliphatic heterocycles. The van der Waals surface area contributed by atoms with Crippen LogP contribution in [0.2, 0.25) is 0 Å². The van der Waals surface area contributed by atoms with Crippen LogP contribution in [0.25, 0.3) is 22.3 Å². The fourth-order valence-electron chi connectivity index (χ4n) is 2.83. The van der Waals surface area contributed by atoms with E-state index in [1.807, 2.05) is 0 Å². The molecule has 3 rings (SSSR count). The Bertz CT molecular complexity index is 1070. The molecule has 3 aromatic carbocycles. The first-order valence-electron chi connectivity index (χ1n) is 8.18. The average Bonchev–Trinajstić information content (AvgIpc) is 2.67. The summed E-state index contributed by atoms with van der Waals surface area (Å²) in [7, 11) is 0. The van der Waals surface area contributed by atoms with Gasteiger partial charge in [0.25, 0.3) is 11.4 Å². The second-order valence-corrected chi connectivity index (χ2v) is 7.14. The summed E-state index contributed by atoms with van der Waals surface area (Å²) in [5.41, 5.74) is 0.880. The van der Waals surface area contributed by atoms with Gasteiger partial charge in [0.2, 0.25) is 0 Å². The fourth-order valence-corrected chi connectivity index (χ4v) is 3.43. The summed E-state index contributed by atoms with van der Waals surface area (Å²) in [6.07, 6.45) is 0. The highest BCUT2D eigenvalue weighted by atomic mass is 32.2. The summed E-state index contributed by atoms with van der Waals surface area (Å²) in [6, 6.07) is 17.5. The van der Waals surface area contributed by atoms with Crippen LogP contribution in [0, 0.1) is 20.2 Å². The number of carbonyl (C=O) groups excluding carboxylic acids is 1. The minimum absolute atomic E-state index is 0.0819. The molecule has 0 bridgehead atoms. The van der Waals surface area contributed by atoms with Crippen molar-refractivity contribution in [2.75, 3.05) is 0 Å². The van der Waals surface area contributed by atoms with Gasteiger partial charge in [0, 0.05) is 24.0 Å². The van der Waals surface area contributed by atoms with Crippen LogP contribution in [0.4, 0.5) is 11.4 Å². The van der Waals surface area contributed by atoms with E-state index in [0.29, 0.717) is 16.0 Å². The van der Waals surface area contributed by atoms with E-state index in [1.165, 1.54) is 19.1 Å². The zero-order chi connectivity index (χ0) is 20.3. The smallest absolute Gasteiger partial charge is 0.278 e. The normalized spacial score (nSPS) is 10.5. The largest absolute Gasteiger partial charge is 0.287 e. The molecule has 0 aliphatic carbocycles. The van der Waals surface area contributed by atoms with E-state index >= 15 is 0 Å². The van der Waals surface area contributed by atoms with Gasteiger partial charge in [-0.1, -0.05) is 54.2 Å². The van der Waals surface area contributed by atoms with Crippen LogP contribution in [0.3, 0.4) is 0 Å². The van der Waals surface area contributed by atoms with E-state index in [9.17, 15) is 25.0 Å². The third-order valence-electron chi connectivity index (χ3n) is 4.02. The van der Waals surface area contributed by atoms with Gasteiger partial charge in [-0.25, -0.2) is 0 Å². The standard InChI is InChI=1S/C20H14N2O5S/c1-13(23)28-16-9-7-15(8-10-16)18-12-19(21(24)25)17(11-20(18)22(26)27)14-5-3-2-4-6-14/h2-12H,1H3. The molecule has 0 aliphatic rings. The van der Waals surface area contributed by atoms with E-state index in [0.717, 1.165) is 11.8 Å². The van der Waals surface area contributed by atoms with Gasteiger partial charge >= 0.3 is 0 Å². The van der Waals surface area contributed by atoms with Crippen molar-refractivity contribution in [3.8, 4) is 22.3 Å². The molecule has 8 heteroatoms. The van der Waals surface area contributed by atoms with Crippen molar-refractivity contribution in [3.05, 3.63) is 87.0 Å². The Morgan fingerprint density at radius 3 is 1.68 bits per heavy atom. The van der Waals surface area contributed by atoms with Gasteiger partial charge < -0.3 is 0 Å². The summed E-state index contributed by atoms with van der Waals surface area (Å²) >= 11 is 1.04. The molecule has 3 aromatic rings. The Balaban J connectivity index is 2.18. The van der Waals surface area contributed by atoms with Crippen LogP contribution in [0.15, 0.2) is 71.6 Å². The van der Waals surface area contributed by atoms with Crippen LogP contribution in [0.1, 0.15) is 6.92 Å². The summed E-state index contributed by atoms with van der Waals surface area (Å²) in [5.74, 6) is 0. The van der Waals surface area contributed by atoms with E-state index in [4.69, 9.17) is 0 Å². The number of benzene rings is 3. The fraction of sp³-hybridized carbons (Fsp3) is 0.0500. The zero-order valence-electron chi connectivity index (χ0n) is 14.7. The quantitative estimate of drug-likeness (QED) is 0.323. The van der Waals surface area contributed by atoms with E-state index in [1.54, 1.807) is 54.6 Å². The highest BCUT2D eigenvalue weighted by Gasteiger charge is 2.25. The lowest BCUT2D eigenvalue weighted by Gasteiger charge is -2.09. The second kappa shape index (κ2) is 8.01. The third-order valence-corrected chi connectivity index (χ3v) is 4.81. The number of nitrogens with zero attached hydrogens (tertiary/aromatic N) is 2. The summed E-state index contributed by atoms with van der Waals surface area (Å²) in [5, 5.41) is 23.2. The first kappa shape index (κ1) is 19.2. The van der Waals surface area contributed by atoms with Gasteiger partial charge in [-0.05, 0) is 23.3 Å². The molecule has 0 unspecified atom stereocenters. The molecule has 0 N–H and O–H groups in total. The molecule has 0 heterocycles. The molecule has 28 heavy (non-hydrogen) atoms. The summed E-state index contributed by atoms with van der Waals surface area (Å²) in [6.45, 7) is 1.44. The lowest BCUT2D eigenvalue weighted by molar-refractivity contribution is -0.388. The van der Waals surface area contributed by atoms with Gasteiger partial charge in [-0.3, -0.25) is 25.0 Å². The Morgan fingerprint density at radius 2 is 1.25 bits per heavy atom. The number of carbonyl (C=O) groups is 1. The molecule has 0 spiro atoms. The molecular weight excluding hydrogens is 380 g/mol. The Labute approximate surface area is 164 Å². The number of rotatable bonds is 5. The van der Waals surface area contributed by atoms with Crippen molar-refractivity contribution in [1.82, 2.24) is 0 Å². The molecule has 0 atom stereocenters. The van der Waals surface area contributed by atoms with Gasteiger partial charge in [0.1, 0.15) is 0 Å². The van der Waals surface area contributed by atoms with E-state index in [-0.39, 0.29) is 27.6 Å². The maximum Gasteiger partial charge on any atom is 0.278 e. The van der Waals surface area contributed by atoms with Crippen molar-refractivity contribution in [3.63, 3.8) is 0 Å². The van der Waals surface area contributed by atoms with E-state index < -0.39 is 9.85 Å². The number of thioether (sulfide) groups is 1. The van der Waals surface area contributed by atoms with Crippen LogP contribution < -0.4 is 0 Å². The first-order chi connectivity index (χ1) is 13.4. The van der Waals surface area contributed by atoms with Crippen LogP contribution in [-0.2, 0) is 4.79 Å². The van der Waals surface area contributed by atoms with Crippen LogP contribution in [0.5, 0.6) is 0 Å². The maximum absolute atomic E-state index is 11.7. The van der Waals surface area contributed by atoms with Crippen molar-refractivity contribution in [2.24, 2.45) is 0 Å². The minimum Gasteiger partial charge on any atom is -0.287 e. The first-order valence-corrected chi connectivity index (χ1v) is 8.99. The second-order valence-electron chi connectivity index (χ2n) is 5.88. The highest BCUT2D eigenvalue weighted by molar-refractivity contribution is 8.13. The highest BCUT2D eigenvalue weighted by Crippen LogP contribution is 2.40. The van der Waals surface area contributed by atoms with Gasteiger partial charge in [-0.2, -0.15) is 0 Å². The molecule has 0 radical (unpaired) electrons.